The van der Waals surface area contributed by atoms with Crippen LogP contribution in [0.5, 0.6) is 0 Å². The van der Waals surface area contributed by atoms with Crippen molar-refractivity contribution in [2.24, 2.45) is 0 Å². The molecule has 1 aliphatic rings. The fourth-order valence-electron chi connectivity index (χ4n) is 3.42. The van der Waals surface area contributed by atoms with Gasteiger partial charge >= 0.3 is 0 Å². The third kappa shape index (κ3) is 3.15. The smallest absolute Gasteiger partial charge is 0.254 e. The number of halogens is 1. The molecule has 0 atom stereocenters. The predicted molar refractivity (Wildman–Crippen MR) is 103 cm³/mol. The highest BCUT2D eigenvalue weighted by molar-refractivity contribution is 5.94. The Morgan fingerprint density at radius 2 is 1.97 bits per heavy atom. The van der Waals surface area contributed by atoms with Crippen molar-refractivity contribution in [2.45, 2.75) is 0 Å². The quantitative estimate of drug-likeness (QED) is 0.578. The summed E-state index contributed by atoms with van der Waals surface area (Å²) < 4.78 is 21.4. The van der Waals surface area contributed by atoms with Gasteiger partial charge in [0.15, 0.2) is 0 Å². The van der Waals surface area contributed by atoms with Gasteiger partial charge in [0.25, 0.3) is 5.91 Å². The number of morpholine rings is 1. The van der Waals surface area contributed by atoms with Crippen molar-refractivity contribution < 1.29 is 13.9 Å². The van der Waals surface area contributed by atoms with Crippen LogP contribution in [-0.2, 0) is 4.74 Å². The number of nitrogens with zero attached hydrogens (tertiary/aromatic N) is 5. The Labute approximate surface area is 164 Å². The molecule has 0 aliphatic carbocycles. The van der Waals surface area contributed by atoms with E-state index in [-0.39, 0.29) is 11.6 Å². The average Bonchev–Trinajstić information content (AvgIpc) is 3.41. The molecule has 0 unspecified atom stereocenters. The lowest BCUT2D eigenvalue weighted by molar-refractivity contribution is 0.0302. The summed E-state index contributed by atoms with van der Waals surface area (Å²) in [6, 6.07) is 12.0. The van der Waals surface area contributed by atoms with E-state index in [2.05, 4.69) is 20.5 Å². The molecular formula is C20H17FN6O2. The first kappa shape index (κ1) is 17.5. The van der Waals surface area contributed by atoms with Gasteiger partial charge in [0.05, 0.1) is 24.9 Å². The maximum atomic E-state index is 14.8. The Morgan fingerprint density at radius 1 is 1.14 bits per heavy atom. The lowest BCUT2D eigenvalue weighted by atomic mass is 10.1. The van der Waals surface area contributed by atoms with Gasteiger partial charge in [-0.3, -0.25) is 9.89 Å². The summed E-state index contributed by atoms with van der Waals surface area (Å²) in [4.78, 5) is 14.2. The number of carbonyl (C=O) groups excluding carboxylic acids is 1. The summed E-state index contributed by atoms with van der Waals surface area (Å²) in [5, 5.41) is 16.3. The van der Waals surface area contributed by atoms with Gasteiger partial charge in [0.1, 0.15) is 22.9 Å². The Hall–Kier alpha value is -3.59. The molecule has 1 aliphatic heterocycles. The van der Waals surface area contributed by atoms with Gasteiger partial charge in [-0.2, -0.15) is 5.10 Å². The van der Waals surface area contributed by atoms with Crippen molar-refractivity contribution in [3.63, 3.8) is 0 Å². The number of H-pyrrole nitrogens is 1. The SMILES string of the molecule is O=C(c1ccc(-n2cc(-c3n[nH]c4ccccc34)nn2)c(F)c1)N1CCOCC1. The molecule has 1 amide bonds. The minimum absolute atomic E-state index is 0.207. The number of carbonyl (C=O) groups is 1. The second-order valence-electron chi connectivity index (χ2n) is 6.74. The first-order valence-electron chi connectivity index (χ1n) is 9.23. The molecule has 2 aromatic carbocycles. The summed E-state index contributed by atoms with van der Waals surface area (Å²) in [7, 11) is 0. The van der Waals surface area contributed by atoms with Crippen molar-refractivity contribution in [2.75, 3.05) is 26.3 Å². The van der Waals surface area contributed by atoms with Gasteiger partial charge in [0, 0.05) is 24.0 Å². The average molecular weight is 392 g/mol. The molecule has 5 rings (SSSR count). The third-order valence-electron chi connectivity index (χ3n) is 4.95. The van der Waals surface area contributed by atoms with Crippen LogP contribution in [0.2, 0.25) is 0 Å². The molecule has 8 nitrogen and oxygen atoms in total. The molecular weight excluding hydrogens is 375 g/mol. The van der Waals surface area contributed by atoms with E-state index in [1.165, 1.54) is 16.8 Å². The van der Waals surface area contributed by atoms with Crippen LogP contribution in [0.1, 0.15) is 10.4 Å². The minimum Gasteiger partial charge on any atom is -0.378 e. The van der Waals surface area contributed by atoms with Crippen LogP contribution in [0.4, 0.5) is 4.39 Å². The van der Waals surface area contributed by atoms with Crippen LogP contribution in [-0.4, -0.2) is 62.3 Å². The summed E-state index contributed by atoms with van der Waals surface area (Å²) in [6.07, 6.45) is 1.62. The zero-order valence-electron chi connectivity index (χ0n) is 15.4. The number of amides is 1. The number of fused-ring (bicyclic) bond motifs is 1. The normalized spacial score (nSPS) is 14.4. The predicted octanol–water partition coefficient (Wildman–Crippen LogP) is 2.42. The van der Waals surface area contributed by atoms with E-state index in [1.54, 1.807) is 17.2 Å². The molecule has 0 spiro atoms. The number of nitrogens with one attached hydrogen (secondary N) is 1. The van der Waals surface area contributed by atoms with E-state index in [0.717, 1.165) is 10.9 Å². The number of hydrogen-bond donors (Lipinski definition) is 1. The van der Waals surface area contributed by atoms with E-state index < -0.39 is 5.82 Å². The number of hydrogen-bond acceptors (Lipinski definition) is 5. The van der Waals surface area contributed by atoms with E-state index in [1.807, 2.05) is 24.3 Å². The summed E-state index contributed by atoms with van der Waals surface area (Å²) in [6.45, 7) is 2.00. The molecule has 29 heavy (non-hydrogen) atoms. The summed E-state index contributed by atoms with van der Waals surface area (Å²) in [5.74, 6) is -0.756. The van der Waals surface area contributed by atoms with Gasteiger partial charge in [-0.1, -0.05) is 23.4 Å². The van der Waals surface area contributed by atoms with E-state index in [4.69, 9.17) is 4.74 Å². The van der Waals surface area contributed by atoms with Crippen LogP contribution in [0, 0.1) is 5.82 Å². The Bertz CT molecular complexity index is 1190. The minimum atomic E-state index is -0.549. The summed E-state index contributed by atoms with van der Waals surface area (Å²) in [5.41, 5.74) is 2.56. The van der Waals surface area contributed by atoms with Crippen molar-refractivity contribution in [1.82, 2.24) is 30.1 Å². The second-order valence-corrected chi connectivity index (χ2v) is 6.74. The number of ether oxygens (including phenoxy) is 1. The van der Waals surface area contributed by atoms with Gasteiger partial charge < -0.3 is 9.64 Å². The Kier molecular flexibility index (Phi) is 4.28. The third-order valence-corrected chi connectivity index (χ3v) is 4.95. The molecule has 1 fully saturated rings. The number of benzene rings is 2. The molecule has 2 aromatic heterocycles. The molecule has 1 N–H and O–H groups in total. The first-order valence-corrected chi connectivity index (χ1v) is 9.23. The van der Waals surface area contributed by atoms with Crippen LogP contribution in [0.3, 0.4) is 0 Å². The largest absolute Gasteiger partial charge is 0.378 e. The van der Waals surface area contributed by atoms with Gasteiger partial charge in [-0.05, 0) is 24.3 Å². The zero-order valence-corrected chi connectivity index (χ0v) is 15.4. The van der Waals surface area contributed by atoms with Crippen LogP contribution in [0.15, 0.2) is 48.7 Å². The molecule has 3 heterocycles. The van der Waals surface area contributed by atoms with Crippen molar-refractivity contribution in [3.05, 3.63) is 60.0 Å². The molecule has 9 heteroatoms. The molecule has 0 radical (unpaired) electrons. The topological polar surface area (TPSA) is 88.9 Å². The number of rotatable bonds is 3. The van der Waals surface area contributed by atoms with Gasteiger partial charge in [0.2, 0.25) is 0 Å². The Balaban J connectivity index is 1.44. The van der Waals surface area contributed by atoms with E-state index in [9.17, 15) is 9.18 Å². The standard InChI is InChI=1S/C20H17FN6O2/c21-15-11-13(20(28)26-7-9-29-10-8-26)5-6-18(15)27-12-17(23-25-27)19-14-3-1-2-4-16(14)22-24-19/h1-6,11-12H,7-10H2,(H,22,24). The highest BCUT2D eigenvalue weighted by atomic mass is 19.1. The van der Waals surface area contributed by atoms with Gasteiger partial charge in [-0.25, -0.2) is 9.07 Å². The zero-order chi connectivity index (χ0) is 19.8. The second kappa shape index (κ2) is 7.10. The molecule has 1 saturated heterocycles. The monoisotopic (exact) mass is 392 g/mol. The van der Waals surface area contributed by atoms with Gasteiger partial charge in [-0.15, -0.1) is 5.10 Å². The lowest BCUT2D eigenvalue weighted by Gasteiger charge is -2.26. The van der Waals surface area contributed by atoms with E-state index >= 15 is 0 Å². The van der Waals surface area contributed by atoms with Crippen molar-refractivity contribution >= 4 is 16.8 Å². The first-order chi connectivity index (χ1) is 14.2. The number of para-hydroxylation sites is 1. The summed E-state index contributed by atoms with van der Waals surface area (Å²) >= 11 is 0. The fraction of sp³-hybridized carbons (Fsp3) is 0.200. The number of aromatic nitrogens is 5. The fourth-order valence-corrected chi connectivity index (χ4v) is 3.42. The van der Waals surface area contributed by atoms with Crippen LogP contribution < -0.4 is 0 Å². The highest BCUT2D eigenvalue weighted by Gasteiger charge is 2.20. The Morgan fingerprint density at radius 3 is 2.79 bits per heavy atom. The molecule has 146 valence electrons. The maximum absolute atomic E-state index is 14.8. The van der Waals surface area contributed by atoms with Crippen molar-refractivity contribution in [3.8, 4) is 17.1 Å². The van der Waals surface area contributed by atoms with Crippen LogP contribution in [0.25, 0.3) is 28.0 Å². The van der Waals surface area contributed by atoms with E-state index in [0.29, 0.717) is 43.3 Å². The lowest BCUT2D eigenvalue weighted by Crippen LogP contribution is -2.40. The maximum Gasteiger partial charge on any atom is 0.254 e. The molecule has 4 aromatic rings. The number of aromatic amines is 1. The van der Waals surface area contributed by atoms with Crippen molar-refractivity contribution in [1.29, 1.82) is 0 Å². The highest BCUT2D eigenvalue weighted by Crippen LogP contribution is 2.25. The molecule has 0 bridgehead atoms. The van der Waals surface area contributed by atoms with Crippen LogP contribution >= 0.6 is 0 Å². The molecule has 0 saturated carbocycles.